The zero-order valence-corrected chi connectivity index (χ0v) is 20.2. The van der Waals surface area contributed by atoms with E-state index in [1.54, 1.807) is 12.2 Å². The molecule has 5 nitrogen and oxygen atoms in total. The quantitative estimate of drug-likeness (QED) is 0.548. The Bertz CT molecular complexity index is 871. The number of allylic oxidation sites excluding steroid dienone is 2. The predicted octanol–water partition coefficient (Wildman–Crippen LogP) is 5.19. The number of hydrogen-bond acceptors (Lipinski definition) is 5. The first-order valence-electron chi connectivity index (χ1n) is 12.4. The maximum Gasteiger partial charge on any atom is 0.306 e. The van der Waals surface area contributed by atoms with Gasteiger partial charge in [0.2, 0.25) is 0 Å². The third kappa shape index (κ3) is 3.38. The number of hydrogen-bond donors (Lipinski definition) is 0. The number of rotatable bonds is 5. The third-order valence-corrected chi connectivity index (χ3v) is 9.55. The summed E-state index contributed by atoms with van der Waals surface area (Å²) in [6, 6.07) is 0. The van der Waals surface area contributed by atoms with Crippen LogP contribution < -0.4 is 0 Å². The summed E-state index contributed by atoms with van der Waals surface area (Å²) >= 11 is 0. The zero-order chi connectivity index (χ0) is 23.3. The average Bonchev–Trinajstić information content (AvgIpc) is 3.03. The molecule has 3 saturated carbocycles. The van der Waals surface area contributed by atoms with Crippen LogP contribution in [0.4, 0.5) is 0 Å². The molecule has 0 amide bonds. The second kappa shape index (κ2) is 8.14. The molecular formula is C27H38O5. The molecule has 0 spiro atoms. The first-order chi connectivity index (χ1) is 15.1. The van der Waals surface area contributed by atoms with E-state index in [2.05, 4.69) is 26.8 Å². The lowest BCUT2D eigenvalue weighted by Gasteiger charge is -2.60. The average molecular weight is 443 g/mol. The van der Waals surface area contributed by atoms with Crippen LogP contribution >= 0.6 is 0 Å². The molecule has 4 aliphatic rings. The van der Waals surface area contributed by atoms with Crippen LogP contribution in [0.15, 0.2) is 23.8 Å². The Morgan fingerprint density at radius 3 is 2.44 bits per heavy atom. The van der Waals surface area contributed by atoms with E-state index in [0.717, 1.165) is 37.7 Å². The summed E-state index contributed by atoms with van der Waals surface area (Å²) in [6.07, 6.45) is 11.2. The van der Waals surface area contributed by atoms with E-state index >= 15 is 0 Å². The van der Waals surface area contributed by atoms with Crippen molar-refractivity contribution in [1.29, 1.82) is 0 Å². The molecule has 0 radical (unpaired) electrons. The molecule has 0 aromatic rings. The largest absolute Gasteiger partial charge is 0.464 e. The molecule has 7 atom stereocenters. The first-order valence-corrected chi connectivity index (χ1v) is 12.4. The minimum absolute atomic E-state index is 0.0308. The van der Waals surface area contributed by atoms with E-state index in [1.807, 2.05) is 13.8 Å². The molecule has 0 aromatic heterocycles. The Morgan fingerprint density at radius 1 is 1.06 bits per heavy atom. The van der Waals surface area contributed by atoms with E-state index in [4.69, 9.17) is 9.47 Å². The summed E-state index contributed by atoms with van der Waals surface area (Å²) in [4.78, 5) is 36.6. The van der Waals surface area contributed by atoms with Gasteiger partial charge in [-0.25, -0.2) is 0 Å². The van der Waals surface area contributed by atoms with Crippen LogP contribution in [0.2, 0.25) is 0 Å². The van der Waals surface area contributed by atoms with Crippen LogP contribution in [0.5, 0.6) is 0 Å². The van der Waals surface area contributed by atoms with Gasteiger partial charge in [-0.1, -0.05) is 33.8 Å². The molecule has 0 bridgehead atoms. The summed E-state index contributed by atoms with van der Waals surface area (Å²) in [5.41, 5.74) is 0.239. The number of ketones is 1. The Morgan fingerprint density at radius 2 is 1.75 bits per heavy atom. The maximum atomic E-state index is 12.3. The molecule has 4 aliphatic carbocycles. The second-order valence-corrected chi connectivity index (χ2v) is 11.0. The van der Waals surface area contributed by atoms with Crippen LogP contribution in [0.25, 0.3) is 0 Å². The van der Waals surface area contributed by atoms with Crippen LogP contribution in [-0.4, -0.2) is 29.9 Å². The van der Waals surface area contributed by atoms with Gasteiger partial charge >= 0.3 is 11.9 Å². The van der Waals surface area contributed by atoms with Gasteiger partial charge in [-0.2, -0.15) is 0 Å². The van der Waals surface area contributed by atoms with E-state index in [1.165, 1.54) is 0 Å². The van der Waals surface area contributed by atoms with Gasteiger partial charge in [-0.05, 0) is 80.4 Å². The number of carbonyl (C=O) groups excluding carboxylic acids is 3. The van der Waals surface area contributed by atoms with Gasteiger partial charge in [0.05, 0.1) is 0 Å². The lowest BCUT2D eigenvalue weighted by atomic mass is 9.45. The highest BCUT2D eigenvalue weighted by atomic mass is 16.6. The summed E-state index contributed by atoms with van der Waals surface area (Å²) in [5, 5.41) is 0. The SMILES string of the molecule is CCC(=O)OC[C@]12C=CC(=O)C=C1[C@@H](C)C[C@H]1[C@@H]3CC[C@](C)(OC(=O)CC)[C@@]3(C)CC[C@@H]12. The molecule has 4 rings (SSSR count). The fraction of sp³-hybridized carbons (Fsp3) is 0.741. The van der Waals surface area contributed by atoms with Gasteiger partial charge in [0.25, 0.3) is 0 Å². The summed E-state index contributed by atoms with van der Waals surface area (Å²) < 4.78 is 11.8. The van der Waals surface area contributed by atoms with Gasteiger partial charge in [-0.15, -0.1) is 0 Å². The molecule has 0 N–H and O–H groups in total. The van der Waals surface area contributed by atoms with Gasteiger partial charge in [0.1, 0.15) is 12.2 Å². The molecule has 0 aromatic carbocycles. The smallest absolute Gasteiger partial charge is 0.306 e. The fourth-order valence-corrected chi connectivity index (χ4v) is 7.65. The monoisotopic (exact) mass is 442 g/mol. The van der Waals surface area contributed by atoms with E-state index in [-0.39, 0.29) is 29.1 Å². The summed E-state index contributed by atoms with van der Waals surface area (Å²) in [6.45, 7) is 10.6. The molecule has 32 heavy (non-hydrogen) atoms. The molecule has 0 unspecified atom stereocenters. The fourth-order valence-electron chi connectivity index (χ4n) is 7.65. The van der Waals surface area contributed by atoms with Crippen LogP contribution in [0.1, 0.15) is 79.6 Å². The number of carbonyl (C=O) groups is 3. The molecule has 0 heterocycles. The highest BCUT2D eigenvalue weighted by Gasteiger charge is 2.65. The maximum absolute atomic E-state index is 12.3. The van der Waals surface area contributed by atoms with E-state index in [9.17, 15) is 14.4 Å². The highest BCUT2D eigenvalue weighted by Crippen LogP contribution is 2.68. The lowest BCUT2D eigenvalue weighted by Crippen LogP contribution is -2.57. The van der Waals surface area contributed by atoms with Crippen LogP contribution in [-0.2, 0) is 23.9 Å². The van der Waals surface area contributed by atoms with Crippen molar-refractivity contribution in [3.05, 3.63) is 23.8 Å². The molecule has 0 saturated heterocycles. The van der Waals surface area contributed by atoms with E-state index < -0.39 is 11.0 Å². The predicted molar refractivity (Wildman–Crippen MR) is 122 cm³/mol. The Balaban J connectivity index is 1.70. The minimum atomic E-state index is -0.435. The standard InChI is InChI=1S/C27H38O5/c1-6-23(29)31-16-27-13-8-18(28)15-22(27)17(3)14-19-20-10-12-26(5,32-24(30)7-2)25(20,4)11-9-21(19)27/h8,13,15,17,19-21H,6-7,9-12,14,16H2,1-5H3/t17-,19-,20-,21-,25-,26-,27-/m0/s1. The van der Waals surface area contributed by atoms with Gasteiger partial charge in [-0.3, -0.25) is 14.4 Å². The highest BCUT2D eigenvalue weighted by molar-refractivity contribution is 6.01. The molecule has 3 fully saturated rings. The zero-order valence-electron chi connectivity index (χ0n) is 20.2. The summed E-state index contributed by atoms with van der Waals surface area (Å²) in [7, 11) is 0. The van der Waals surface area contributed by atoms with Crippen molar-refractivity contribution < 1.29 is 23.9 Å². The van der Waals surface area contributed by atoms with Crippen molar-refractivity contribution >= 4 is 17.7 Å². The Hall–Kier alpha value is -1.91. The van der Waals surface area contributed by atoms with Gasteiger partial charge < -0.3 is 9.47 Å². The third-order valence-electron chi connectivity index (χ3n) is 9.55. The van der Waals surface area contributed by atoms with Gasteiger partial charge in [0.15, 0.2) is 5.78 Å². The van der Waals surface area contributed by atoms with Crippen LogP contribution in [0.3, 0.4) is 0 Å². The topological polar surface area (TPSA) is 69.7 Å². The number of esters is 2. The summed E-state index contributed by atoms with van der Waals surface area (Å²) in [5.74, 6) is 1.18. The van der Waals surface area contributed by atoms with Crippen molar-refractivity contribution in [2.45, 2.75) is 85.2 Å². The van der Waals surface area contributed by atoms with Crippen molar-refractivity contribution in [2.24, 2.45) is 34.5 Å². The molecule has 0 aliphatic heterocycles. The first kappa shape index (κ1) is 23.3. The normalized spacial score (nSPS) is 42.4. The molecule has 176 valence electrons. The Kier molecular flexibility index (Phi) is 5.92. The second-order valence-electron chi connectivity index (χ2n) is 11.0. The van der Waals surface area contributed by atoms with E-state index in [0.29, 0.717) is 37.2 Å². The van der Waals surface area contributed by atoms with Crippen molar-refractivity contribution in [3.8, 4) is 0 Å². The lowest BCUT2D eigenvalue weighted by molar-refractivity contribution is -0.180. The minimum Gasteiger partial charge on any atom is -0.464 e. The van der Waals surface area contributed by atoms with Crippen molar-refractivity contribution in [2.75, 3.05) is 6.61 Å². The number of fused-ring (bicyclic) bond motifs is 5. The van der Waals surface area contributed by atoms with Crippen LogP contribution in [0, 0.1) is 34.5 Å². The molecule has 5 heteroatoms. The van der Waals surface area contributed by atoms with Gasteiger partial charge in [0, 0.05) is 23.7 Å². The molecular weight excluding hydrogens is 404 g/mol. The van der Waals surface area contributed by atoms with Crippen molar-refractivity contribution in [1.82, 2.24) is 0 Å². The van der Waals surface area contributed by atoms with Crippen molar-refractivity contribution in [3.63, 3.8) is 0 Å². The Labute approximate surface area is 192 Å². The number of ether oxygens (including phenoxy) is 2.